The Morgan fingerprint density at radius 2 is 0.474 bits per heavy atom. The number of nitrogens with zero attached hydrogens (tertiary/aromatic N) is 4. The van der Waals surface area contributed by atoms with Crippen molar-refractivity contribution in [1.82, 2.24) is 0 Å². The predicted molar refractivity (Wildman–Crippen MR) is 247 cm³/mol. The Balaban J connectivity index is 0.000000129. The zero-order chi connectivity index (χ0) is 39.7. The number of rotatable bonds is 6. The minimum absolute atomic E-state index is 1.05. The molecule has 0 spiro atoms. The molecular weight excluding hydrogens is 693 g/mol. The highest BCUT2D eigenvalue weighted by Crippen LogP contribution is 2.36. The number of hydrogen-bond acceptors (Lipinski definition) is 4. The molecule has 0 saturated heterocycles. The largest absolute Gasteiger partial charge is 0.345 e. The SMILES string of the molecule is CN(c1ccccc1)c1ccccc1.CN(c1ccccc1)c1ccccc1.CN(c1ccccc1)c1ccccc1.CN1c2ccccc2Cc2ccccc21. The fraction of sp³-hybridized carbons (Fsp3) is 0.0943. The van der Waals surface area contributed by atoms with Gasteiger partial charge < -0.3 is 19.6 Å². The lowest BCUT2D eigenvalue weighted by atomic mass is 9.96. The molecule has 0 saturated carbocycles. The van der Waals surface area contributed by atoms with E-state index in [0.717, 1.165) is 6.42 Å². The van der Waals surface area contributed by atoms with Crippen LogP contribution in [0.15, 0.2) is 231 Å². The molecule has 8 aromatic carbocycles. The van der Waals surface area contributed by atoms with E-state index < -0.39 is 0 Å². The van der Waals surface area contributed by atoms with E-state index in [1.54, 1.807) is 0 Å². The molecule has 1 heterocycles. The summed E-state index contributed by atoms with van der Waals surface area (Å²) in [6.07, 6.45) is 1.05. The third kappa shape index (κ3) is 11.0. The van der Waals surface area contributed by atoms with Gasteiger partial charge in [0, 0.05) is 80.1 Å². The summed E-state index contributed by atoms with van der Waals surface area (Å²) in [4.78, 5) is 8.77. The van der Waals surface area contributed by atoms with Crippen molar-refractivity contribution in [2.24, 2.45) is 0 Å². The summed E-state index contributed by atoms with van der Waals surface area (Å²) >= 11 is 0. The monoisotopic (exact) mass is 744 g/mol. The Bertz CT molecular complexity index is 1960. The Kier molecular flexibility index (Phi) is 14.3. The summed E-state index contributed by atoms with van der Waals surface area (Å²) in [6.45, 7) is 0. The lowest BCUT2D eigenvalue weighted by molar-refractivity contribution is 1.06. The van der Waals surface area contributed by atoms with Gasteiger partial charge in [-0.1, -0.05) is 146 Å². The molecular formula is C53H52N4. The molecule has 0 fully saturated rings. The molecule has 1 aliphatic rings. The summed E-state index contributed by atoms with van der Waals surface area (Å²) < 4.78 is 0. The first-order chi connectivity index (χ1) is 28.0. The predicted octanol–water partition coefficient (Wildman–Crippen LogP) is 13.7. The molecule has 1 aliphatic heterocycles. The van der Waals surface area contributed by atoms with Crippen molar-refractivity contribution in [1.29, 1.82) is 0 Å². The average molecular weight is 745 g/mol. The highest BCUT2D eigenvalue weighted by Gasteiger charge is 2.18. The van der Waals surface area contributed by atoms with Gasteiger partial charge in [-0.25, -0.2) is 0 Å². The maximum atomic E-state index is 2.27. The topological polar surface area (TPSA) is 13.0 Å². The van der Waals surface area contributed by atoms with Crippen molar-refractivity contribution in [2.45, 2.75) is 6.42 Å². The van der Waals surface area contributed by atoms with Gasteiger partial charge in [-0.3, -0.25) is 0 Å². The van der Waals surface area contributed by atoms with Crippen LogP contribution in [-0.2, 0) is 6.42 Å². The van der Waals surface area contributed by atoms with Gasteiger partial charge in [0.05, 0.1) is 0 Å². The molecule has 57 heavy (non-hydrogen) atoms. The quantitative estimate of drug-likeness (QED) is 0.168. The molecule has 4 heteroatoms. The summed E-state index contributed by atoms with van der Waals surface area (Å²) in [5, 5.41) is 0. The van der Waals surface area contributed by atoms with Crippen molar-refractivity contribution >= 4 is 45.5 Å². The number of benzene rings is 8. The summed E-state index contributed by atoms with van der Waals surface area (Å²) in [5.41, 5.74) is 12.7. The highest BCUT2D eigenvalue weighted by atomic mass is 15.1. The smallest absolute Gasteiger partial charge is 0.0444 e. The molecule has 9 rings (SSSR count). The maximum Gasteiger partial charge on any atom is 0.0444 e. The molecule has 0 radical (unpaired) electrons. The second-order valence-electron chi connectivity index (χ2n) is 13.7. The van der Waals surface area contributed by atoms with Crippen LogP contribution in [0.25, 0.3) is 0 Å². The lowest BCUT2D eigenvalue weighted by Crippen LogP contribution is -2.18. The fourth-order valence-corrected chi connectivity index (χ4v) is 6.67. The van der Waals surface area contributed by atoms with Crippen LogP contribution in [0, 0.1) is 0 Å². The highest BCUT2D eigenvalue weighted by molar-refractivity contribution is 5.73. The number of hydrogen-bond donors (Lipinski definition) is 0. The van der Waals surface area contributed by atoms with Crippen molar-refractivity contribution in [2.75, 3.05) is 47.8 Å². The second-order valence-corrected chi connectivity index (χ2v) is 13.7. The Morgan fingerprint density at radius 1 is 0.281 bits per heavy atom. The van der Waals surface area contributed by atoms with E-state index >= 15 is 0 Å². The van der Waals surface area contributed by atoms with Crippen LogP contribution in [0.3, 0.4) is 0 Å². The minimum atomic E-state index is 1.05. The van der Waals surface area contributed by atoms with Gasteiger partial charge in [-0.05, 0) is 96.1 Å². The van der Waals surface area contributed by atoms with Crippen LogP contribution in [0.5, 0.6) is 0 Å². The Hall–Kier alpha value is -7.04. The summed E-state index contributed by atoms with van der Waals surface area (Å²) in [6, 6.07) is 79.3. The molecule has 4 nitrogen and oxygen atoms in total. The number of para-hydroxylation sites is 8. The van der Waals surface area contributed by atoms with Crippen LogP contribution in [0.4, 0.5) is 45.5 Å². The fourth-order valence-electron chi connectivity index (χ4n) is 6.67. The van der Waals surface area contributed by atoms with E-state index in [1.807, 2.05) is 36.4 Å². The van der Waals surface area contributed by atoms with Gasteiger partial charge in [0.2, 0.25) is 0 Å². The molecule has 8 aromatic rings. The first-order valence-corrected chi connectivity index (χ1v) is 19.4. The Labute approximate surface area is 340 Å². The van der Waals surface area contributed by atoms with E-state index in [1.165, 1.54) is 56.6 Å². The molecule has 0 bridgehead atoms. The maximum absolute atomic E-state index is 2.27. The molecule has 0 unspecified atom stereocenters. The standard InChI is InChI=1S/C14H13N.3C13H13N/c1-15-13-8-4-2-6-11(13)10-12-7-3-5-9-14(12)15;3*1-14(12-8-4-2-5-9-12)13-10-6-3-7-11-13/h2-9H,10H2,1H3;3*2-11H,1H3. The van der Waals surface area contributed by atoms with Crippen LogP contribution in [-0.4, -0.2) is 28.2 Å². The van der Waals surface area contributed by atoms with Crippen molar-refractivity contribution < 1.29 is 0 Å². The molecule has 0 aliphatic carbocycles. The molecule has 0 aromatic heterocycles. The molecule has 0 atom stereocenters. The second kappa shape index (κ2) is 20.6. The summed E-state index contributed by atoms with van der Waals surface area (Å²) in [7, 11) is 8.36. The van der Waals surface area contributed by atoms with E-state index in [0.29, 0.717) is 0 Å². The van der Waals surface area contributed by atoms with Gasteiger partial charge in [-0.15, -0.1) is 0 Å². The van der Waals surface area contributed by atoms with Crippen LogP contribution < -0.4 is 19.6 Å². The van der Waals surface area contributed by atoms with Gasteiger partial charge in [0.1, 0.15) is 0 Å². The lowest BCUT2D eigenvalue weighted by Gasteiger charge is -2.29. The minimum Gasteiger partial charge on any atom is -0.345 e. The first kappa shape index (κ1) is 39.6. The van der Waals surface area contributed by atoms with Crippen LogP contribution >= 0.6 is 0 Å². The van der Waals surface area contributed by atoms with Crippen LogP contribution in [0.1, 0.15) is 11.1 Å². The molecule has 284 valence electrons. The van der Waals surface area contributed by atoms with E-state index in [-0.39, 0.29) is 0 Å². The first-order valence-electron chi connectivity index (χ1n) is 19.4. The zero-order valence-electron chi connectivity index (χ0n) is 33.4. The zero-order valence-corrected chi connectivity index (χ0v) is 33.4. The third-order valence-corrected chi connectivity index (χ3v) is 9.95. The molecule has 0 N–H and O–H groups in total. The summed E-state index contributed by atoms with van der Waals surface area (Å²) in [5.74, 6) is 0. The van der Waals surface area contributed by atoms with E-state index in [9.17, 15) is 0 Å². The number of fused-ring (bicyclic) bond motifs is 2. The van der Waals surface area contributed by atoms with Crippen LogP contribution in [0.2, 0.25) is 0 Å². The third-order valence-electron chi connectivity index (χ3n) is 9.95. The van der Waals surface area contributed by atoms with Crippen molar-refractivity contribution in [3.8, 4) is 0 Å². The Morgan fingerprint density at radius 3 is 0.702 bits per heavy atom. The van der Waals surface area contributed by atoms with Crippen molar-refractivity contribution in [3.05, 3.63) is 242 Å². The van der Waals surface area contributed by atoms with Gasteiger partial charge >= 0.3 is 0 Å². The van der Waals surface area contributed by atoms with E-state index in [4.69, 9.17) is 0 Å². The number of anilines is 8. The van der Waals surface area contributed by atoms with Gasteiger partial charge in [-0.2, -0.15) is 0 Å². The van der Waals surface area contributed by atoms with Gasteiger partial charge in [0.25, 0.3) is 0 Å². The normalized spacial score (nSPS) is 10.7. The van der Waals surface area contributed by atoms with Gasteiger partial charge in [0.15, 0.2) is 0 Å². The van der Waals surface area contributed by atoms with E-state index in [2.05, 4.69) is 242 Å². The molecule has 0 amide bonds. The average Bonchev–Trinajstić information content (AvgIpc) is 3.31. The van der Waals surface area contributed by atoms with Crippen molar-refractivity contribution in [3.63, 3.8) is 0 Å².